The molecular formula is C25H33N3O4S. The summed E-state index contributed by atoms with van der Waals surface area (Å²) >= 11 is 0. The van der Waals surface area contributed by atoms with Gasteiger partial charge in [-0.25, -0.2) is 13.1 Å². The zero-order chi connectivity index (χ0) is 23.3. The first-order valence-electron chi connectivity index (χ1n) is 11.8. The molecule has 1 saturated heterocycles. The van der Waals surface area contributed by atoms with Gasteiger partial charge in [0.05, 0.1) is 4.90 Å². The number of anilines is 1. The van der Waals surface area contributed by atoms with Crippen LogP contribution in [0.2, 0.25) is 0 Å². The van der Waals surface area contributed by atoms with Gasteiger partial charge in [0, 0.05) is 37.9 Å². The van der Waals surface area contributed by atoms with Crippen LogP contribution in [0.5, 0.6) is 5.75 Å². The molecular weight excluding hydrogens is 438 g/mol. The normalized spacial score (nSPS) is 17.7. The first kappa shape index (κ1) is 23.6. The van der Waals surface area contributed by atoms with Crippen molar-refractivity contribution in [3.63, 3.8) is 0 Å². The van der Waals surface area contributed by atoms with E-state index in [0.717, 1.165) is 38.8 Å². The van der Waals surface area contributed by atoms with Crippen LogP contribution >= 0.6 is 0 Å². The molecule has 1 aliphatic carbocycles. The average molecular weight is 472 g/mol. The first-order chi connectivity index (χ1) is 15.9. The van der Waals surface area contributed by atoms with Gasteiger partial charge in [-0.1, -0.05) is 37.5 Å². The summed E-state index contributed by atoms with van der Waals surface area (Å²) in [5.74, 6) is 0.473. The SMILES string of the molecule is Cc1cc(S(=O)(=O)NC2CCCCC2)ccc1OCC(=O)N1CCN(c2ccccc2)CC1. The summed E-state index contributed by atoms with van der Waals surface area (Å²) in [5, 5.41) is 0. The highest BCUT2D eigenvalue weighted by Gasteiger charge is 2.24. The summed E-state index contributed by atoms with van der Waals surface area (Å²) in [6.45, 7) is 4.63. The van der Waals surface area contributed by atoms with E-state index in [2.05, 4.69) is 21.8 Å². The minimum Gasteiger partial charge on any atom is -0.483 e. The van der Waals surface area contributed by atoms with Gasteiger partial charge in [-0.2, -0.15) is 0 Å². The Kier molecular flexibility index (Phi) is 7.55. The molecule has 1 aliphatic heterocycles. The maximum absolute atomic E-state index is 12.7. The Morgan fingerprint density at radius 1 is 1.00 bits per heavy atom. The number of para-hydroxylation sites is 1. The molecule has 2 aromatic carbocycles. The third-order valence-electron chi connectivity index (χ3n) is 6.49. The molecule has 1 saturated carbocycles. The van der Waals surface area contributed by atoms with E-state index in [-0.39, 0.29) is 23.5 Å². The highest BCUT2D eigenvalue weighted by molar-refractivity contribution is 7.89. The number of sulfonamides is 1. The van der Waals surface area contributed by atoms with Crippen LogP contribution in [-0.2, 0) is 14.8 Å². The summed E-state index contributed by atoms with van der Waals surface area (Å²) in [6, 6.07) is 15.0. The smallest absolute Gasteiger partial charge is 0.260 e. The van der Waals surface area contributed by atoms with E-state index in [9.17, 15) is 13.2 Å². The number of carbonyl (C=O) groups is 1. The fourth-order valence-electron chi connectivity index (χ4n) is 4.54. The topological polar surface area (TPSA) is 78.9 Å². The third kappa shape index (κ3) is 6.06. The minimum atomic E-state index is -3.56. The summed E-state index contributed by atoms with van der Waals surface area (Å²) in [4.78, 5) is 17.0. The van der Waals surface area contributed by atoms with Crippen LogP contribution in [0, 0.1) is 6.92 Å². The average Bonchev–Trinajstić information content (AvgIpc) is 2.84. The highest BCUT2D eigenvalue weighted by atomic mass is 32.2. The standard InChI is InChI=1S/C25H33N3O4S/c1-20-18-23(33(30,31)26-21-8-4-2-5-9-21)12-13-24(20)32-19-25(29)28-16-14-27(15-17-28)22-10-6-3-7-11-22/h3,6-7,10-13,18,21,26H,2,4-5,8-9,14-17,19H2,1H3. The van der Waals surface area contributed by atoms with Gasteiger partial charge in [0.25, 0.3) is 5.91 Å². The lowest BCUT2D eigenvalue weighted by Crippen LogP contribution is -2.50. The quantitative estimate of drug-likeness (QED) is 0.670. The number of nitrogens with one attached hydrogen (secondary N) is 1. The molecule has 0 bridgehead atoms. The van der Waals surface area contributed by atoms with Crippen molar-refractivity contribution >= 4 is 21.6 Å². The predicted molar refractivity (Wildman–Crippen MR) is 129 cm³/mol. The fourth-order valence-corrected chi connectivity index (χ4v) is 5.93. The molecule has 2 fully saturated rings. The van der Waals surface area contributed by atoms with Gasteiger partial charge in [0.1, 0.15) is 5.75 Å². The van der Waals surface area contributed by atoms with Crippen molar-refractivity contribution in [2.45, 2.75) is 50.0 Å². The molecule has 2 aromatic rings. The molecule has 0 aromatic heterocycles. The Morgan fingerprint density at radius 2 is 1.70 bits per heavy atom. The predicted octanol–water partition coefficient (Wildman–Crippen LogP) is 3.33. The number of nitrogens with zero attached hydrogens (tertiary/aromatic N) is 2. The Bertz CT molecular complexity index is 1040. The number of carbonyl (C=O) groups excluding carboxylic acids is 1. The number of hydrogen-bond acceptors (Lipinski definition) is 5. The van der Waals surface area contributed by atoms with Gasteiger partial charge in [-0.05, 0) is 55.7 Å². The highest BCUT2D eigenvalue weighted by Crippen LogP contribution is 2.24. The van der Waals surface area contributed by atoms with Crippen LogP contribution in [0.1, 0.15) is 37.7 Å². The molecule has 0 radical (unpaired) electrons. The summed E-state index contributed by atoms with van der Waals surface area (Å²) < 4.78 is 34.1. The van der Waals surface area contributed by atoms with E-state index in [1.165, 1.54) is 12.1 Å². The van der Waals surface area contributed by atoms with Crippen molar-refractivity contribution in [1.29, 1.82) is 0 Å². The van der Waals surface area contributed by atoms with E-state index in [1.807, 2.05) is 23.1 Å². The number of amides is 1. The van der Waals surface area contributed by atoms with Gasteiger partial charge >= 0.3 is 0 Å². The molecule has 7 nitrogen and oxygen atoms in total. The number of benzene rings is 2. The second-order valence-corrected chi connectivity index (χ2v) is 10.6. The number of hydrogen-bond donors (Lipinski definition) is 1. The Balaban J connectivity index is 1.29. The van der Waals surface area contributed by atoms with Crippen LogP contribution in [-0.4, -0.2) is 58.1 Å². The number of piperazine rings is 1. The monoisotopic (exact) mass is 471 g/mol. The largest absolute Gasteiger partial charge is 0.483 e. The minimum absolute atomic E-state index is 0.0139. The molecule has 0 spiro atoms. The first-order valence-corrected chi connectivity index (χ1v) is 13.2. The molecule has 2 aliphatic rings. The Labute approximate surface area is 196 Å². The second kappa shape index (κ2) is 10.6. The van der Waals surface area contributed by atoms with Crippen LogP contribution < -0.4 is 14.4 Å². The molecule has 8 heteroatoms. The van der Waals surface area contributed by atoms with E-state index in [0.29, 0.717) is 24.4 Å². The fraction of sp³-hybridized carbons (Fsp3) is 0.480. The maximum Gasteiger partial charge on any atom is 0.260 e. The van der Waals surface area contributed by atoms with Gasteiger partial charge < -0.3 is 14.5 Å². The lowest BCUT2D eigenvalue weighted by molar-refractivity contribution is -0.133. The second-order valence-electron chi connectivity index (χ2n) is 8.88. The van der Waals surface area contributed by atoms with Crippen molar-refractivity contribution in [2.24, 2.45) is 0 Å². The van der Waals surface area contributed by atoms with E-state index >= 15 is 0 Å². The van der Waals surface area contributed by atoms with Gasteiger partial charge in [-0.3, -0.25) is 4.79 Å². The Morgan fingerprint density at radius 3 is 2.36 bits per heavy atom. The summed E-state index contributed by atoms with van der Waals surface area (Å²) in [7, 11) is -3.56. The van der Waals surface area contributed by atoms with Crippen molar-refractivity contribution in [3.05, 3.63) is 54.1 Å². The summed E-state index contributed by atoms with van der Waals surface area (Å²) in [6.07, 6.45) is 5.08. The van der Waals surface area contributed by atoms with Gasteiger partial charge in [-0.15, -0.1) is 0 Å². The number of rotatable bonds is 7. The Hall–Kier alpha value is -2.58. The zero-order valence-corrected chi connectivity index (χ0v) is 20.0. The van der Waals surface area contributed by atoms with Crippen LogP contribution in [0.3, 0.4) is 0 Å². The molecule has 1 amide bonds. The molecule has 1 N–H and O–H groups in total. The van der Waals surface area contributed by atoms with Crippen molar-refractivity contribution < 1.29 is 17.9 Å². The van der Waals surface area contributed by atoms with Crippen LogP contribution in [0.4, 0.5) is 5.69 Å². The van der Waals surface area contributed by atoms with Crippen molar-refractivity contribution in [2.75, 3.05) is 37.7 Å². The maximum atomic E-state index is 12.7. The molecule has 4 rings (SSSR count). The van der Waals surface area contributed by atoms with Gasteiger partial charge in [0.15, 0.2) is 6.61 Å². The summed E-state index contributed by atoms with van der Waals surface area (Å²) in [5.41, 5.74) is 1.87. The van der Waals surface area contributed by atoms with E-state index in [4.69, 9.17) is 4.74 Å². The number of aryl methyl sites for hydroxylation is 1. The van der Waals surface area contributed by atoms with E-state index < -0.39 is 10.0 Å². The third-order valence-corrected chi connectivity index (χ3v) is 8.01. The number of ether oxygens (including phenoxy) is 1. The molecule has 0 unspecified atom stereocenters. The van der Waals surface area contributed by atoms with Crippen LogP contribution in [0.25, 0.3) is 0 Å². The van der Waals surface area contributed by atoms with Gasteiger partial charge in [0.2, 0.25) is 10.0 Å². The molecule has 178 valence electrons. The molecule has 33 heavy (non-hydrogen) atoms. The zero-order valence-electron chi connectivity index (χ0n) is 19.2. The van der Waals surface area contributed by atoms with E-state index in [1.54, 1.807) is 25.1 Å². The lowest BCUT2D eigenvalue weighted by Gasteiger charge is -2.36. The molecule has 1 heterocycles. The van der Waals surface area contributed by atoms with Crippen LogP contribution in [0.15, 0.2) is 53.4 Å². The van der Waals surface area contributed by atoms with Crippen molar-refractivity contribution in [3.8, 4) is 5.75 Å². The van der Waals surface area contributed by atoms with Crippen molar-refractivity contribution in [1.82, 2.24) is 9.62 Å². The lowest BCUT2D eigenvalue weighted by atomic mass is 9.96. The molecule has 0 atom stereocenters.